The molecular weight excluding hydrogens is 180 g/mol. The Balaban J connectivity index is 2.25. The van der Waals surface area contributed by atoms with E-state index >= 15 is 0 Å². The summed E-state index contributed by atoms with van der Waals surface area (Å²) in [6.45, 7) is 6.56. The summed E-state index contributed by atoms with van der Waals surface area (Å²) in [6.07, 6.45) is 3.08. The lowest BCUT2D eigenvalue weighted by Crippen LogP contribution is -2.49. The third kappa shape index (κ3) is 4.46. The normalized spacial score (nSPS) is 22.9. The number of hydrogen-bond donors (Lipinski definition) is 2. The molecule has 4 nitrogen and oxygen atoms in total. The first kappa shape index (κ1) is 11.3. The highest BCUT2D eigenvalue weighted by molar-refractivity contribution is 5.68. The Kier molecular flexibility index (Phi) is 3.75. The van der Waals surface area contributed by atoms with Crippen molar-refractivity contribution in [2.24, 2.45) is 0 Å². The van der Waals surface area contributed by atoms with Gasteiger partial charge >= 0.3 is 6.09 Å². The van der Waals surface area contributed by atoms with Gasteiger partial charge in [0.05, 0.1) is 6.17 Å². The van der Waals surface area contributed by atoms with Gasteiger partial charge in [-0.05, 0) is 46.6 Å². The minimum Gasteiger partial charge on any atom is -0.444 e. The molecule has 1 fully saturated rings. The smallest absolute Gasteiger partial charge is 0.408 e. The quantitative estimate of drug-likeness (QED) is 0.676. The number of amides is 1. The molecule has 0 saturated carbocycles. The monoisotopic (exact) mass is 200 g/mol. The lowest BCUT2D eigenvalue weighted by Gasteiger charge is -2.26. The van der Waals surface area contributed by atoms with E-state index in [2.05, 4.69) is 10.6 Å². The van der Waals surface area contributed by atoms with Crippen molar-refractivity contribution in [2.45, 2.75) is 51.8 Å². The molecule has 1 amide bonds. The second-order valence-corrected chi connectivity index (χ2v) is 4.65. The number of carbonyl (C=O) groups excluding carboxylic acids is 1. The molecule has 4 heteroatoms. The predicted octanol–water partition coefficient (Wildman–Crippen LogP) is 1.61. The zero-order chi connectivity index (χ0) is 10.6. The van der Waals surface area contributed by atoms with Crippen LogP contribution in [0.5, 0.6) is 0 Å². The van der Waals surface area contributed by atoms with Gasteiger partial charge in [-0.3, -0.25) is 5.32 Å². The Labute approximate surface area is 85.4 Å². The van der Waals surface area contributed by atoms with E-state index < -0.39 is 5.60 Å². The van der Waals surface area contributed by atoms with Crippen molar-refractivity contribution < 1.29 is 9.53 Å². The third-order valence-corrected chi connectivity index (χ3v) is 2.00. The van der Waals surface area contributed by atoms with E-state index in [0.29, 0.717) is 0 Å². The topological polar surface area (TPSA) is 50.4 Å². The summed E-state index contributed by atoms with van der Waals surface area (Å²) in [4.78, 5) is 11.4. The predicted molar refractivity (Wildman–Crippen MR) is 55.0 cm³/mol. The van der Waals surface area contributed by atoms with Gasteiger partial charge < -0.3 is 10.1 Å². The van der Waals surface area contributed by atoms with Crippen LogP contribution in [-0.4, -0.2) is 24.4 Å². The minimum atomic E-state index is -0.418. The third-order valence-electron chi connectivity index (χ3n) is 2.00. The van der Waals surface area contributed by atoms with Crippen LogP contribution >= 0.6 is 0 Å². The molecule has 1 heterocycles. The second kappa shape index (κ2) is 4.64. The fourth-order valence-electron chi connectivity index (χ4n) is 1.42. The van der Waals surface area contributed by atoms with Crippen molar-refractivity contribution >= 4 is 6.09 Å². The average molecular weight is 200 g/mol. The van der Waals surface area contributed by atoms with Gasteiger partial charge in [-0.15, -0.1) is 0 Å². The van der Waals surface area contributed by atoms with Crippen molar-refractivity contribution in [3.63, 3.8) is 0 Å². The molecular formula is C10H20N2O2. The van der Waals surface area contributed by atoms with Gasteiger partial charge in [-0.25, -0.2) is 4.79 Å². The van der Waals surface area contributed by atoms with E-state index in [4.69, 9.17) is 4.74 Å². The highest BCUT2D eigenvalue weighted by Crippen LogP contribution is 2.08. The zero-order valence-corrected chi connectivity index (χ0v) is 9.22. The Morgan fingerprint density at radius 1 is 1.43 bits per heavy atom. The maximum absolute atomic E-state index is 11.4. The molecule has 1 saturated heterocycles. The number of carbonyl (C=O) groups is 1. The van der Waals surface area contributed by atoms with E-state index in [9.17, 15) is 4.79 Å². The molecule has 82 valence electrons. The van der Waals surface area contributed by atoms with Crippen molar-refractivity contribution in [3.8, 4) is 0 Å². The standard InChI is InChI=1S/C10H20N2O2/c1-10(2,3)14-9(13)12-8-6-4-5-7-11-8/h8,11H,4-7H2,1-3H3,(H,12,13)/t8-/m0/s1. The molecule has 1 aliphatic heterocycles. The van der Waals surface area contributed by atoms with E-state index in [1.165, 1.54) is 6.42 Å². The maximum atomic E-state index is 11.4. The van der Waals surface area contributed by atoms with Crippen molar-refractivity contribution in [3.05, 3.63) is 0 Å². The molecule has 0 aromatic heterocycles. The van der Waals surface area contributed by atoms with Crippen LogP contribution in [0, 0.1) is 0 Å². The molecule has 0 spiro atoms. The van der Waals surface area contributed by atoms with Crippen molar-refractivity contribution in [1.29, 1.82) is 0 Å². The molecule has 0 aliphatic carbocycles. The lowest BCUT2D eigenvalue weighted by molar-refractivity contribution is 0.0485. The Morgan fingerprint density at radius 3 is 2.64 bits per heavy atom. The van der Waals surface area contributed by atoms with Crippen LogP contribution < -0.4 is 10.6 Å². The summed E-state index contributed by atoms with van der Waals surface area (Å²) in [5.74, 6) is 0. The number of hydrogen-bond acceptors (Lipinski definition) is 3. The lowest BCUT2D eigenvalue weighted by atomic mass is 10.1. The minimum absolute atomic E-state index is 0.0820. The Hall–Kier alpha value is -0.770. The summed E-state index contributed by atoms with van der Waals surface area (Å²) in [7, 11) is 0. The molecule has 0 unspecified atom stereocenters. The number of nitrogens with one attached hydrogen (secondary N) is 2. The van der Waals surface area contributed by atoms with Crippen LogP contribution in [0.4, 0.5) is 4.79 Å². The molecule has 1 aliphatic rings. The highest BCUT2D eigenvalue weighted by Gasteiger charge is 2.20. The van der Waals surface area contributed by atoms with E-state index in [1.54, 1.807) is 0 Å². The van der Waals surface area contributed by atoms with Crippen molar-refractivity contribution in [1.82, 2.24) is 10.6 Å². The van der Waals surface area contributed by atoms with E-state index in [1.807, 2.05) is 20.8 Å². The number of ether oxygens (including phenoxy) is 1. The van der Waals surface area contributed by atoms with Gasteiger partial charge in [0.15, 0.2) is 0 Å². The van der Waals surface area contributed by atoms with Crippen LogP contribution in [0.1, 0.15) is 40.0 Å². The summed E-state index contributed by atoms with van der Waals surface area (Å²) in [6, 6.07) is 0. The van der Waals surface area contributed by atoms with Gasteiger partial charge in [-0.1, -0.05) is 0 Å². The van der Waals surface area contributed by atoms with Gasteiger partial charge in [-0.2, -0.15) is 0 Å². The van der Waals surface area contributed by atoms with Crippen LogP contribution in [0.15, 0.2) is 0 Å². The number of rotatable bonds is 1. The fourth-order valence-corrected chi connectivity index (χ4v) is 1.42. The fraction of sp³-hybridized carbons (Fsp3) is 0.900. The first-order valence-corrected chi connectivity index (χ1v) is 5.20. The molecule has 0 radical (unpaired) electrons. The van der Waals surface area contributed by atoms with Crippen LogP contribution in [0.25, 0.3) is 0 Å². The van der Waals surface area contributed by atoms with E-state index in [-0.39, 0.29) is 12.3 Å². The SMILES string of the molecule is CC(C)(C)OC(=O)N[C@H]1CCCCN1. The maximum Gasteiger partial charge on any atom is 0.408 e. The first-order valence-electron chi connectivity index (χ1n) is 5.20. The molecule has 14 heavy (non-hydrogen) atoms. The largest absolute Gasteiger partial charge is 0.444 e. The van der Waals surface area contributed by atoms with Gasteiger partial charge in [0.2, 0.25) is 0 Å². The zero-order valence-electron chi connectivity index (χ0n) is 9.22. The van der Waals surface area contributed by atoms with Crippen molar-refractivity contribution in [2.75, 3.05) is 6.54 Å². The number of alkyl carbamates (subject to hydrolysis) is 1. The van der Waals surface area contributed by atoms with E-state index in [0.717, 1.165) is 19.4 Å². The summed E-state index contributed by atoms with van der Waals surface area (Å²) in [5.41, 5.74) is -0.418. The van der Waals surface area contributed by atoms with Crippen LogP contribution in [-0.2, 0) is 4.74 Å². The Bertz CT molecular complexity index is 193. The number of piperidine rings is 1. The molecule has 0 bridgehead atoms. The highest BCUT2D eigenvalue weighted by atomic mass is 16.6. The molecule has 2 N–H and O–H groups in total. The van der Waals surface area contributed by atoms with Gasteiger partial charge in [0, 0.05) is 0 Å². The Morgan fingerprint density at radius 2 is 2.14 bits per heavy atom. The molecule has 1 rings (SSSR count). The van der Waals surface area contributed by atoms with Crippen LogP contribution in [0.3, 0.4) is 0 Å². The molecule has 1 atom stereocenters. The van der Waals surface area contributed by atoms with Gasteiger partial charge in [0.25, 0.3) is 0 Å². The molecule has 0 aromatic carbocycles. The summed E-state index contributed by atoms with van der Waals surface area (Å²) in [5, 5.41) is 6.03. The summed E-state index contributed by atoms with van der Waals surface area (Å²) >= 11 is 0. The summed E-state index contributed by atoms with van der Waals surface area (Å²) < 4.78 is 5.15. The second-order valence-electron chi connectivity index (χ2n) is 4.65. The average Bonchev–Trinajstić information content (AvgIpc) is 2.02. The molecule has 0 aromatic rings. The van der Waals surface area contributed by atoms with Gasteiger partial charge in [0.1, 0.15) is 5.60 Å². The van der Waals surface area contributed by atoms with Crippen LogP contribution in [0.2, 0.25) is 0 Å². The first-order chi connectivity index (χ1) is 6.47.